The third kappa shape index (κ3) is 6.04. The van der Waals surface area contributed by atoms with Crippen LogP contribution in [0.2, 0.25) is 0 Å². The largest absolute Gasteiger partial charge is 0.497 e. The van der Waals surface area contributed by atoms with Crippen molar-refractivity contribution >= 4 is 5.91 Å². The molecule has 1 amide bonds. The molecular weight excluding hydrogens is 256 g/mol. The van der Waals surface area contributed by atoms with Gasteiger partial charge in [0.05, 0.1) is 13.2 Å². The molecule has 0 aliphatic heterocycles. The molecule has 3 N–H and O–H groups in total. The lowest BCUT2D eigenvalue weighted by Gasteiger charge is -2.12. The van der Waals surface area contributed by atoms with Crippen LogP contribution in [0.1, 0.15) is 31.4 Å². The minimum absolute atomic E-state index is 0.0401. The van der Waals surface area contributed by atoms with Gasteiger partial charge >= 0.3 is 0 Å². The summed E-state index contributed by atoms with van der Waals surface area (Å²) in [5, 5.41) is 15.9. The van der Waals surface area contributed by atoms with Gasteiger partial charge in [-0.05, 0) is 24.1 Å². The van der Waals surface area contributed by atoms with Gasteiger partial charge in [-0.25, -0.2) is 0 Å². The minimum Gasteiger partial charge on any atom is -0.497 e. The molecule has 0 radical (unpaired) electrons. The molecule has 0 saturated carbocycles. The third-order valence-corrected chi connectivity index (χ3v) is 2.94. The summed E-state index contributed by atoms with van der Waals surface area (Å²) in [5.74, 6) is 0.805. The van der Waals surface area contributed by atoms with Crippen molar-refractivity contribution in [3.05, 3.63) is 29.8 Å². The van der Waals surface area contributed by atoms with Crippen LogP contribution in [0, 0.1) is 0 Å². The molecule has 0 aromatic heterocycles. The lowest BCUT2D eigenvalue weighted by Crippen LogP contribution is -2.29. The summed E-state index contributed by atoms with van der Waals surface area (Å²) in [7, 11) is 1.61. The van der Waals surface area contributed by atoms with E-state index in [2.05, 4.69) is 10.6 Å². The number of nitrogens with one attached hydrogen (secondary N) is 2. The highest BCUT2D eigenvalue weighted by Crippen LogP contribution is 2.16. The molecule has 5 nitrogen and oxygen atoms in total. The molecule has 1 rings (SSSR count). The van der Waals surface area contributed by atoms with Crippen LogP contribution in [0.5, 0.6) is 5.75 Å². The average molecular weight is 280 g/mol. The van der Waals surface area contributed by atoms with Gasteiger partial charge < -0.3 is 20.5 Å². The van der Waals surface area contributed by atoms with Crippen molar-refractivity contribution in [3.8, 4) is 5.75 Å². The molecule has 1 unspecified atom stereocenters. The monoisotopic (exact) mass is 280 g/mol. The first-order valence-electron chi connectivity index (χ1n) is 6.96. The van der Waals surface area contributed by atoms with E-state index in [9.17, 15) is 9.90 Å². The lowest BCUT2D eigenvalue weighted by molar-refractivity contribution is -0.121. The van der Waals surface area contributed by atoms with Gasteiger partial charge in [0.25, 0.3) is 0 Å². The molecule has 1 atom stereocenters. The number of hydrogen-bond acceptors (Lipinski definition) is 4. The lowest BCUT2D eigenvalue weighted by atomic mass is 10.1. The molecule has 0 spiro atoms. The summed E-state index contributed by atoms with van der Waals surface area (Å²) in [6.45, 7) is 3.72. The Kier molecular flexibility index (Phi) is 7.69. The average Bonchev–Trinajstić information content (AvgIpc) is 2.49. The number of aliphatic hydroxyl groups is 1. The van der Waals surface area contributed by atoms with Crippen molar-refractivity contribution in [2.75, 3.05) is 26.7 Å². The number of methoxy groups -OCH3 is 1. The van der Waals surface area contributed by atoms with E-state index in [1.54, 1.807) is 7.11 Å². The van der Waals surface area contributed by atoms with Crippen LogP contribution >= 0.6 is 0 Å². The number of ether oxygens (including phenoxy) is 1. The number of amides is 1. The van der Waals surface area contributed by atoms with E-state index in [4.69, 9.17) is 4.74 Å². The SMILES string of the molecule is CCCNC(=O)CCNCC(O)c1ccc(OC)cc1. The first-order valence-corrected chi connectivity index (χ1v) is 6.96. The normalized spacial score (nSPS) is 11.9. The number of carbonyl (C=O) groups excluding carboxylic acids is 1. The summed E-state index contributed by atoms with van der Waals surface area (Å²) >= 11 is 0. The Morgan fingerprint density at radius 1 is 1.30 bits per heavy atom. The highest BCUT2D eigenvalue weighted by molar-refractivity contribution is 5.75. The second-order valence-corrected chi connectivity index (χ2v) is 4.59. The van der Waals surface area contributed by atoms with Gasteiger partial charge in [0.15, 0.2) is 0 Å². The number of benzene rings is 1. The highest BCUT2D eigenvalue weighted by atomic mass is 16.5. The number of aliphatic hydroxyl groups excluding tert-OH is 1. The maximum absolute atomic E-state index is 11.4. The van der Waals surface area contributed by atoms with Crippen molar-refractivity contribution in [1.29, 1.82) is 0 Å². The molecule has 1 aromatic rings. The van der Waals surface area contributed by atoms with Crippen LogP contribution in [0.4, 0.5) is 0 Å². The minimum atomic E-state index is -0.584. The molecule has 5 heteroatoms. The van der Waals surface area contributed by atoms with E-state index in [1.165, 1.54) is 0 Å². The van der Waals surface area contributed by atoms with E-state index >= 15 is 0 Å². The predicted molar refractivity (Wildman–Crippen MR) is 78.7 cm³/mol. The number of carbonyl (C=O) groups is 1. The molecule has 0 aliphatic rings. The molecular formula is C15H24N2O3. The Bertz CT molecular complexity index is 393. The van der Waals surface area contributed by atoms with Crippen LogP contribution in [0.15, 0.2) is 24.3 Å². The Balaban J connectivity index is 2.22. The van der Waals surface area contributed by atoms with Gasteiger partial charge in [-0.2, -0.15) is 0 Å². The molecule has 20 heavy (non-hydrogen) atoms. The fourth-order valence-electron chi connectivity index (χ4n) is 1.74. The van der Waals surface area contributed by atoms with Gasteiger partial charge in [0.2, 0.25) is 5.91 Å². The Hall–Kier alpha value is -1.59. The maximum Gasteiger partial charge on any atom is 0.221 e. The van der Waals surface area contributed by atoms with Crippen molar-refractivity contribution < 1.29 is 14.6 Å². The second kappa shape index (κ2) is 9.34. The van der Waals surface area contributed by atoms with Crippen molar-refractivity contribution in [2.24, 2.45) is 0 Å². The van der Waals surface area contributed by atoms with Crippen molar-refractivity contribution in [3.63, 3.8) is 0 Å². The predicted octanol–water partition coefficient (Wildman–Crippen LogP) is 1.23. The summed E-state index contributed by atoms with van der Waals surface area (Å²) < 4.78 is 5.06. The summed E-state index contributed by atoms with van der Waals surface area (Å²) in [5.41, 5.74) is 0.828. The van der Waals surface area contributed by atoms with Crippen LogP contribution in [-0.4, -0.2) is 37.8 Å². The van der Waals surface area contributed by atoms with Crippen LogP contribution in [-0.2, 0) is 4.79 Å². The number of hydrogen-bond donors (Lipinski definition) is 3. The molecule has 112 valence electrons. The summed E-state index contributed by atoms with van der Waals surface area (Å²) in [6.07, 6.45) is 0.782. The summed E-state index contributed by atoms with van der Waals surface area (Å²) in [6, 6.07) is 7.30. The zero-order valence-electron chi connectivity index (χ0n) is 12.2. The Morgan fingerprint density at radius 3 is 2.60 bits per heavy atom. The van der Waals surface area contributed by atoms with Crippen molar-refractivity contribution in [2.45, 2.75) is 25.9 Å². The van der Waals surface area contributed by atoms with Gasteiger partial charge in [-0.1, -0.05) is 19.1 Å². The van der Waals surface area contributed by atoms with Gasteiger partial charge in [0, 0.05) is 26.1 Å². The van der Waals surface area contributed by atoms with Crippen LogP contribution in [0.25, 0.3) is 0 Å². The van der Waals surface area contributed by atoms with Crippen LogP contribution < -0.4 is 15.4 Å². The second-order valence-electron chi connectivity index (χ2n) is 4.59. The van der Waals surface area contributed by atoms with E-state index in [-0.39, 0.29) is 5.91 Å². The Morgan fingerprint density at radius 2 is 2.00 bits per heavy atom. The standard InChI is InChI=1S/C15H24N2O3/c1-3-9-17-15(19)8-10-16-11-14(18)12-4-6-13(20-2)7-5-12/h4-7,14,16,18H,3,8-11H2,1-2H3,(H,17,19). The molecule has 0 fully saturated rings. The smallest absolute Gasteiger partial charge is 0.221 e. The molecule has 0 saturated heterocycles. The fraction of sp³-hybridized carbons (Fsp3) is 0.533. The first kappa shape index (κ1) is 16.5. The van der Waals surface area contributed by atoms with Crippen molar-refractivity contribution in [1.82, 2.24) is 10.6 Å². The summed E-state index contributed by atoms with van der Waals surface area (Å²) in [4.78, 5) is 11.4. The first-order chi connectivity index (χ1) is 9.67. The van der Waals surface area contributed by atoms with E-state index in [0.717, 1.165) is 17.7 Å². The molecule has 0 bridgehead atoms. The fourth-order valence-corrected chi connectivity index (χ4v) is 1.74. The molecule has 0 heterocycles. The number of rotatable bonds is 9. The molecule has 0 aliphatic carbocycles. The Labute approximate surface area is 120 Å². The van der Waals surface area contributed by atoms with E-state index < -0.39 is 6.10 Å². The van der Waals surface area contributed by atoms with E-state index in [0.29, 0.717) is 26.1 Å². The van der Waals surface area contributed by atoms with Gasteiger partial charge in [-0.15, -0.1) is 0 Å². The maximum atomic E-state index is 11.4. The van der Waals surface area contributed by atoms with Crippen LogP contribution in [0.3, 0.4) is 0 Å². The van der Waals surface area contributed by atoms with Gasteiger partial charge in [-0.3, -0.25) is 4.79 Å². The zero-order chi connectivity index (χ0) is 14.8. The van der Waals surface area contributed by atoms with Gasteiger partial charge in [0.1, 0.15) is 5.75 Å². The van der Waals surface area contributed by atoms with E-state index in [1.807, 2.05) is 31.2 Å². The molecule has 1 aromatic carbocycles. The zero-order valence-corrected chi connectivity index (χ0v) is 12.2. The third-order valence-electron chi connectivity index (χ3n) is 2.94. The quantitative estimate of drug-likeness (QED) is 0.595. The topological polar surface area (TPSA) is 70.6 Å². The highest BCUT2D eigenvalue weighted by Gasteiger charge is 2.07.